The molecule has 2 aliphatic heterocycles. The summed E-state index contributed by atoms with van der Waals surface area (Å²) in [5.74, 6) is -4.93. The molecule has 0 radical (unpaired) electrons. The molecule has 6 rings (SSSR count). The number of amides is 4. The van der Waals surface area contributed by atoms with Gasteiger partial charge in [0.25, 0.3) is 0 Å². The first-order chi connectivity index (χ1) is 19.1. The highest BCUT2D eigenvalue weighted by Crippen LogP contribution is 2.60. The number of ether oxygens (including phenoxy) is 1. The zero-order chi connectivity index (χ0) is 28.5. The molecule has 0 spiro atoms. The maximum Gasteiger partial charge on any atom is 0.241 e. The number of phenols is 1. The minimum absolute atomic E-state index is 0.0208. The zero-order valence-electron chi connectivity index (χ0n) is 21.7. The number of benzene rings is 2. The SMILES string of the molecule is COc1cc(C=CC2C3=CCC4C(=O)NC(=O)C4C3CC3C(=O)N(c4ccc(F)c(Cl)c4)C(=O)C23C)ccc1O. The Morgan fingerprint density at radius 2 is 1.90 bits per heavy atom. The normalized spacial score (nSPS) is 31.1. The molecule has 4 amide bonds. The zero-order valence-corrected chi connectivity index (χ0v) is 22.4. The number of anilines is 1. The molecule has 2 saturated heterocycles. The highest BCUT2D eigenvalue weighted by atomic mass is 35.5. The van der Waals surface area contributed by atoms with E-state index in [1.54, 1.807) is 25.1 Å². The second-order valence-corrected chi connectivity index (χ2v) is 11.4. The quantitative estimate of drug-likeness (QED) is 0.424. The third-order valence-corrected chi connectivity index (χ3v) is 9.33. The predicted molar refractivity (Wildman–Crippen MR) is 144 cm³/mol. The largest absolute Gasteiger partial charge is 0.504 e. The monoisotopic (exact) mass is 564 g/mol. The van der Waals surface area contributed by atoms with Crippen molar-refractivity contribution >= 4 is 47.0 Å². The highest BCUT2D eigenvalue weighted by molar-refractivity contribution is 6.31. The number of allylic oxidation sites excluding steroid dienone is 3. The topological polar surface area (TPSA) is 113 Å². The van der Waals surface area contributed by atoms with E-state index in [0.717, 1.165) is 16.5 Å². The average molecular weight is 565 g/mol. The van der Waals surface area contributed by atoms with Crippen molar-refractivity contribution in [3.05, 3.63) is 70.5 Å². The fourth-order valence-electron chi connectivity index (χ4n) is 7.00. The van der Waals surface area contributed by atoms with Crippen LogP contribution in [0.2, 0.25) is 5.02 Å². The van der Waals surface area contributed by atoms with Gasteiger partial charge in [-0.25, -0.2) is 9.29 Å². The molecule has 6 unspecified atom stereocenters. The van der Waals surface area contributed by atoms with E-state index in [2.05, 4.69) is 5.32 Å². The first kappa shape index (κ1) is 26.3. The standard InChI is InChI=1S/C30H26ClFN2O6/c1-30-19(8-3-14-4-10-23(35)24(11-14)40-2)16-6-7-17-25(27(37)33-26(17)36)18(16)13-20(30)28(38)34(29(30)39)15-5-9-22(32)21(31)12-15/h3-6,8-12,17-20,25,35H,7,13H2,1-2H3,(H,33,36,37). The van der Waals surface area contributed by atoms with E-state index in [4.69, 9.17) is 16.3 Å². The van der Waals surface area contributed by atoms with Crippen LogP contribution in [0.25, 0.3) is 6.08 Å². The number of carbonyl (C=O) groups excluding carboxylic acids is 4. The van der Waals surface area contributed by atoms with Crippen molar-refractivity contribution in [2.75, 3.05) is 12.0 Å². The van der Waals surface area contributed by atoms with E-state index in [9.17, 15) is 28.7 Å². The Morgan fingerprint density at radius 1 is 1.12 bits per heavy atom. The van der Waals surface area contributed by atoms with Gasteiger partial charge < -0.3 is 9.84 Å². The molecule has 2 aliphatic carbocycles. The predicted octanol–water partition coefficient (Wildman–Crippen LogP) is 4.26. The second-order valence-electron chi connectivity index (χ2n) is 10.9. The lowest BCUT2D eigenvalue weighted by Crippen LogP contribution is -2.49. The van der Waals surface area contributed by atoms with Gasteiger partial charge in [-0.15, -0.1) is 0 Å². The molecule has 206 valence electrons. The number of nitrogens with zero attached hydrogens (tertiary/aromatic N) is 1. The molecule has 6 atom stereocenters. The van der Waals surface area contributed by atoms with Crippen molar-refractivity contribution < 1.29 is 33.4 Å². The number of phenolic OH excluding ortho intramolecular Hbond substituents is 1. The lowest BCUT2D eigenvalue weighted by atomic mass is 9.52. The average Bonchev–Trinajstić information content (AvgIpc) is 3.33. The summed E-state index contributed by atoms with van der Waals surface area (Å²) in [5.41, 5.74) is 0.488. The van der Waals surface area contributed by atoms with Crippen molar-refractivity contribution in [2.24, 2.45) is 35.0 Å². The van der Waals surface area contributed by atoms with Crippen molar-refractivity contribution in [3.63, 3.8) is 0 Å². The molecular formula is C30H26ClFN2O6. The Bertz CT molecular complexity index is 1550. The van der Waals surface area contributed by atoms with Crippen LogP contribution in [0.5, 0.6) is 11.5 Å². The van der Waals surface area contributed by atoms with E-state index in [-0.39, 0.29) is 40.4 Å². The van der Waals surface area contributed by atoms with Crippen molar-refractivity contribution in [3.8, 4) is 11.5 Å². The van der Waals surface area contributed by atoms with Crippen LogP contribution in [0.15, 0.2) is 54.1 Å². The molecule has 2 aromatic carbocycles. The molecule has 3 fully saturated rings. The molecule has 1 saturated carbocycles. The Morgan fingerprint density at radius 3 is 2.62 bits per heavy atom. The molecule has 2 aromatic rings. The number of rotatable bonds is 4. The van der Waals surface area contributed by atoms with Crippen LogP contribution in [-0.4, -0.2) is 35.8 Å². The molecule has 0 bridgehead atoms. The summed E-state index contributed by atoms with van der Waals surface area (Å²) in [7, 11) is 1.44. The lowest BCUT2D eigenvalue weighted by Gasteiger charge is -2.47. The molecule has 0 aromatic heterocycles. The summed E-state index contributed by atoms with van der Waals surface area (Å²) in [6, 6.07) is 8.55. The maximum absolute atomic E-state index is 14.2. The highest BCUT2D eigenvalue weighted by Gasteiger charge is 2.66. The third-order valence-electron chi connectivity index (χ3n) is 9.04. The van der Waals surface area contributed by atoms with Gasteiger partial charge in [0.1, 0.15) is 5.82 Å². The van der Waals surface area contributed by atoms with Gasteiger partial charge in [-0.1, -0.05) is 41.5 Å². The van der Waals surface area contributed by atoms with Gasteiger partial charge in [-0.3, -0.25) is 24.5 Å². The van der Waals surface area contributed by atoms with Crippen LogP contribution in [0.3, 0.4) is 0 Å². The van der Waals surface area contributed by atoms with Gasteiger partial charge >= 0.3 is 0 Å². The van der Waals surface area contributed by atoms with Gasteiger partial charge in [-0.05, 0) is 61.6 Å². The van der Waals surface area contributed by atoms with E-state index >= 15 is 0 Å². The minimum Gasteiger partial charge on any atom is -0.504 e. The first-order valence-corrected chi connectivity index (χ1v) is 13.4. The number of methoxy groups -OCH3 is 1. The van der Waals surface area contributed by atoms with Gasteiger partial charge in [0.05, 0.1) is 41.0 Å². The number of hydrogen-bond donors (Lipinski definition) is 2. The number of imide groups is 2. The van der Waals surface area contributed by atoms with Crippen LogP contribution in [-0.2, 0) is 19.2 Å². The Hall–Kier alpha value is -3.98. The Balaban J connectivity index is 1.47. The van der Waals surface area contributed by atoms with Gasteiger partial charge in [0.2, 0.25) is 23.6 Å². The Kier molecular flexibility index (Phi) is 6.10. The molecule has 2 N–H and O–H groups in total. The van der Waals surface area contributed by atoms with Crippen molar-refractivity contribution in [1.29, 1.82) is 0 Å². The first-order valence-electron chi connectivity index (χ1n) is 13.0. The molecule has 40 heavy (non-hydrogen) atoms. The van der Waals surface area contributed by atoms with Crippen LogP contribution >= 0.6 is 11.6 Å². The van der Waals surface area contributed by atoms with E-state index in [1.807, 2.05) is 12.2 Å². The minimum atomic E-state index is -1.22. The van der Waals surface area contributed by atoms with Crippen molar-refractivity contribution in [1.82, 2.24) is 5.32 Å². The number of aromatic hydroxyl groups is 1. The third kappa shape index (κ3) is 3.71. The Labute approximate surface area is 234 Å². The maximum atomic E-state index is 14.2. The van der Waals surface area contributed by atoms with Crippen LogP contribution in [0, 0.1) is 40.8 Å². The summed E-state index contributed by atoms with van der Waals surface area (Å²) in [6.07, 6.45) is 6.15. The fraction of sp³-hybridized carbons (Fsp3) is 0.333. The summed E-state index contributed by atoms with van der Waals surface area (Å²) in [6.45, 7) is 1.75. The summed E-state index contributed by atoms with van der Waals surface area (Å²) in [5, 5.41) is 12.2. The number of carbonyl (C=O) groups is 4. The number of hydrogen-bond acceptors (Lipinski definition) is 6. The van der Waals surface area contributed by atoms with Crippen LogP contribution in [0.1, 0.15) is 25.3 Å². The lowest BCUT2D eigenvalue weighted by molar-refractivity contribution is -0.132. The van der Waals surface area contributed by atoms with Gasteiger partial charge in [0.15, 0.2) is 11.5 Å². The molecule has 8 nitrogen and oxygen atoms in total. The van der Waals surface area contributed by atoms with E-state index < -0.39 is 52.6 Å². The van der Waals surface area contributed by atoms with E-state index in [1.165, 1.54) is 25.3 Å². The van der Waals surface area contributed by atoms with E-state index in [0.29, 0.717) is 12.0 Å². The van der Waals surface area contributed by atoms with Crippen molar-refractivity contribution in [2.45, 2.75) is 19.8 Å². The fourth-order valence-corrected chi connectivity index (χ4v) is 7.18. The van der Waals surface area contributed by atoms with Gasteiger partial charge in [0, 0.05) is 5.92 Å². The molecule has 4 aliphatic rings. The summed E-state index contributed by atoms with van der Waals surface area (Å²) < 4.78 is 19.1. The molecule has 10 heteroatoms. The molecule has 2 heterocycles. The summed E-state index contributed by atoms with van der Waals surface area (Å²) >= 11 is 6.00. The van der Waals surface area contributed by atoms with Gasteiger partial charge in [-0.2, -0.15) is 0 Å². The number of halogens is 2. The number of nitrogens with one attached hydrogen (secondary N) is 1. The molecular weight excluding hydrogens is 539 g/mol. The number of fused-ring (bicyclic) bond motifs is 4. The van der Waals surface area contributed by atoms with Crippen LogP contribution < -0.4 is 15.0 Å². The van der Waals surface area contributed by atoms with Crippen LogP contribution in [0.4, 0.5) is 10.1 Å². The second kappa shape index (κ2) is 9.30. The smallest absolute Gasteiger partial charge is 0.241 e. The summed E-state index contributed by atoms with van der Waals surface area (Å²) in [4.78, 5) is 54.6.